The van der Waals surface area contributed by atoms with Gasteiger partial charge in [-0.1, -0.05) is 6.07 Å². The topological polar surface area (TPSA) is 75.9 Å². The van der Waals surface area contributed by atoms with Crippen LogP contribution in [0.5, 0.6) is 0 Å². The molecule has 1 rings (SSSR count). The summed E-state index contributed by atoms with van der Waals surface area (Å²) >= 11 is 0. The van der Waals surface area contributed by atoms with E-state index in [1.54, 1.807) is 6.92 Å². The second-order valence-electron chi connectivity index (χ2n) is 4.42. The summed E-state index contributed by atoms with van der Waals surface area (Å²) in [5.74, 6) is 0.0294. The van der Waals surface area contributed by atoms with Crippen molar-refractivity contribution >= 4 is 15.7 Å². The van der Waals surface area contributed by atoms with Crippen LogP contribution in [0.1, 0.15) is 23.4 Å². The third-order valence-electron chi connectivity index (χ3n) is 2.88. The van der Waals surface area contributed by atoms with Gasteiger partial charge in [-0.3, -0.25) is 14.8 Å². The van der Waals surface area contributed by atoms with E-state index in [-0.39, 0.29) is 5.96 Å². The Balaban J connectivity index is 3.11. The van der Waals surface area contributed by atoms with Crippen molar-refractivity contribution in [2.24, 2.45) is 9.36 Å². The second-order valence-corrected chi connectivity index (χ2v) is 7.03. The molecule has 0 aliphatic rings. The first kappa shape index (κ1) is 18.4. The maximum Gasteiger partial charge on any atom is 0.433 e. The van der Waals surface area contributed by atoms with Crippen molar-refractivity contribution in [2.45, 2.75) is 18.3 Å². The average Bonchev–Trinajstić information content (AvgIpc) is 2.45. The maximum atomic E-state index is 12.6. The molecule has 1 aromatic rings. The zero-order valence-electron chi connectivity index (χ0n) is 12.5. The van der Waals surface area contributed by atoms with Gasteiger partial charge in [0.15, 0.2) is 0 Å². The van der Waals surface area contributed by atoms with Crippen molar-refractivity contribution in [1.82, 2.24) is 10.5 Å². The monoisotopic (exact) mass is 338 g/mol. The number of halogens is 3. The van der Waals surface area contributed by atoms with E-state index in [1.165, 1.54) is 26.5 Å². The van der Waals surface area contributed by atoms with E-state index in [0.29, 0.717) is 5.56 Å². The lowest BCUT2D eigenvalue weighted by molar-refractivity contribution is -0.141. The Labute approximate surface area is 126 Å². The van der Waals surface area contributed by atoms with Crippen LogP contribution in [0.15, 0.2) is 27.7 Å². The van der Waals surface area contributed by atoms with E-state index in [0.717, 1.165) is 12.3 Å². The molecule has 0 aromatic carbocycles. The number of aromatic nitrogens is 1. The highest BCUT2D eigenvalue weighted by molar-refractivity contribution is 7.93. The van der Waals surface area contributed by atoms with E-state index >= 15 is 0 Å². The quantitative estimate of drug-likeness (QED) is 0.522. The molecule has 0 bridgehead atoms. The van der Waals surface area contributed by atoms with Crippen molar-refractivity contribution < 1.29 is 22.2 Å². The number of hydrogen-bond donors (Lipinski definition) is 1. The minimum Gasteiger partial charge on any atom is -0.277 e. The molecule has 0 aliphatic heterocycles. The van der Waals surface area contributed by atoms with E-state index in [4.69, 9.17) is 0 Å². The first-order valence-corrected chi connectivity index (χ1v) is 8.10. The van der Waals surface area contributed by atoms with Gasteiger partial charge >= 0.3 is 6.18 Å². The van der Waals surface area contributed by atoms with Gasteiger partial charge in [0, 0.05) is 19.5 Å². The molecular formula is C12H17F3N4O2S. The fourth-order valence-electron chi connectivity index (χ4n) is 1.51. The molecule has 124 valence electrons. The summed E-state index contributed by atoms with van der Waals surface area (Å²) in [4.78, 5) is 11.8. The summed E-state index contributed by atoms with van der Waals surface area (Å²) in [5, 5.41) is -0.641. The molecule has 1 aromatic heterocycles. The minimum atomic E-state index is -4.51. The number of guanidine groups is 1. The third kappa shape index (κ3) is 4.67. The molecule has 2 unspecified atom stereocenters. The number of rotatable bonds is 3. The van der Waals surface area contributed by atoms with E-state index < -0.39 is 26.8 Å². The van der Waals surface area contributed by atoms with Gasteiger partial charge in [-0.2, -0.15) is 17.5 Å². The van der Waals surface area contributed by atoms with Crippen LogP contribution in [0, 0.1) is 0 Å². The number of pyridine rings is 1. The molecule has 0 fully saturated rings. The maximum absolute atomic E-state index is 12.6. The predicted molar refractivity (Wildman–Crippen MR) is 77.7 cm³/mol. The van der Waals surface area contributed by atoms with Crippen molar-refractivity contribution in [1.29, 1.82) is 0 Å². The van der Waals surface area contributed by atoms with Crippen molar-refractivity contribution in [2.75, 3.05) is 20.4 Å². The van der Waals surface area contributed by atoms with Gasteiger partial charge in [0.1, 0.15) is 5.69 Å². The van der Waals surface area contributed by atoms with Gasteiger partial charge in [-0.15, -0.1) is 0 Å². The fourth-order valence-corrected chi connectivity index (χ4v) is 2.78. The van der Waals surface area contributed by atoms with Crippen LogP contribution in [0.2, 0.25) is 0 Å². The van der Waals surface area contributed by atoms with E-state index in [2.05, 4.69) is 24.7 Å². The molecule has 0 saturated carbocycles. The highest BCUT2D eigenvalue weighted by atomic mass is 32.2. The third-order valence-corrected chi connectivity index (χ3v) is 4.99. The van der Waals surface area contributed by atoms with E-state index in [9.17, 15) is 17.4 Å². The molecule has 0 aliphatic carbocycles. The lowest BCUT2D eigenvalue weighted by atomic mass is 10.2. The van der Waals surface area contributed by atoms with E-state index in [1.807, 2.05) is 0 Å². The molecule has 0 amide bonds. The highest BCUT2D eigenvalue weighted by Crippen LogP contribution is 2.29. The molecular weight excluding hydrogens is 321 g/mol. The van der Waals surface area contributed by atoms with Gasteiger partial charge in [0.05, 0.1) is 22.1 Å². The summed E-state index contributed by atoms with van der Waals surface area (Å²) in [7, 11) is -0.0309. The number of nitrogens with zero attached hydrogens (tertiary/aromatic N) is 3. The molecule has 10 heteroatoms. The molecule has 6 nitrogen and oxygen atoms in total. The number of hydroxylamine groups is 1. The Kier molecular flexibility index (Phi) is 5.89. The summed E-state index contributed by atoms with van der Waals surface area (Å²) < 4.78 is 54.0. The summed E-state index contributed by atoms with van der Waals surface area (Å²) in [6.07, 6.45) is -2.07. The van der Waals surface area contributed by atoms with Crippen LogP contribution in [-0.2, 0) is 20.7 Å². The second kappa shape index (κ2) is 7.05. The summed E-state index contributed by atoms with van der Waals surface area (Å²) in [5.41, 5.74) is 1.75. The molecule has 2 atom stereocenters. The van der Waals surface area contributed by atoms with Crippen LogP contribution in [0.4, 0.5) is 13.2 Å². The van der Waals surface area contributed by atoms with Crippen molar-refractivity contribution in [3.8, 4) is 0 Å². The van der Waals surface area contributed by atoms with Gasteiger partial charge in [-0.05, 0) is 18.6 Å². The fraction of sp³-hybridized carbons (Fsp3) is 0.500. The Morgan fingerprint density at radius 1 is 1.45 bits per heavy atom. The highest BCUT2D eigenvalue weighted by Gasteiger charge is 2.32. The predicted octanol–water partition coefficient (Wildman–Crippen LogP) is 2.40. The summed E-state index contributed by atoms with van der Waals surface area (Å²) in [6, 6.07) is 2.09. The average molecular weight is 338 g/mol. The van der Waals surface area contributed by atoms with Crippen LogP contribution >= 0.6 is 0 Å². The molecule has 1 N–H and O–H groups in total. The van der Waals surface area contributed by atoms with Crippen LogP contribution in [0.3, 0.4) is 0 Å². The molecule has 0 spiro atoms. The van der Waals surface area contributed by atoms with Gasteiger partial charge in [0.2, 0.25) is 0 Å². The number of hydrogen-bond acceptors (Lipinski definition) is 4. The largest absolute Gasteiger partial charge is 0.433 e. The Morgan fingerprint density at radius 3 is 2.50 bits per heavy atom. The number of nitrogens with one attached hydrogen (secondary N) is 1. The zero-order valence-corrected chi connectivity index (χ0v) is 13.3. The van der Waals surface area contributed by atoms with Crippen molar-refractivity contribution in [3.63, 3.8) is 0 Å². The normalized spacial score (nSPS) is 16.8. The first-order chi connectivity index (χ1) is 10.1. The lowest BCUT2D eigenvalue weighted by Crippen LogP contribution is -2.22. The van der Waals surface area contributed by atoms with Gasteiger partial charge in [-0.25, -0.2) is 9.69 Å². The summed E-state index contributed by atoms with van der Waals surface area (Å²) in [6.45, 7) is 1.59. The number of alkyl halides is 3. The van der Waals surface area contributed by atoms with Crippen molar-refractivity contribution in [3.05, 3.63) is 29.6 Å². The Morgan fingerprint density at radius 2 is 2.09 bits per heavy atom. The van der Waals surface area contributed by atoms with Gasteiger partial charge < -0.3 is 0 Å². The minimum absolute atomic E-state index is 0.0294. The first-order valence-electron chi connectivity index (χ1n) is 6.11. The Bertz CT molecular complexity index is 649. The number of aliphatic imine (C=N–C) groups is 1. The van der Waals surface area contributed by atoms with Crippen LogP contribution in [-0.4, -0.2) is 35.6 Å². The van der Waals surface area contributed by atoms with Gasteiger partial charge in [0.25, 0.3) is 5.96 Å². The molecule has 0 radical (unpaired) electrons. The zero-order chi connectivity index (χ0) is 17.0. The molecule has 1 heterocycles. The SMILES string of the molecule is CN=C(N=S(C)(=O)C(C)c1ccc(C(F)(F)F)nc1)NOC. The Hall–Kier alpha value is -1.68. The standard InChI is InChI=1S/C12H17F3N4O2S/c1-8(22(4,20)19-11(16-2)18-21-3)9-5-6-10(17-7-9)12(13,14)15/h5-8H,1-4H3,(H,16,18). The van der Waals surface area contributed by atoms with Crippen LogP contribution < -0.4 is 5.48 Å². The lowest BCUT2D eigenvalue weighted by Gasteiger charge is -2.15. The smallest absolute Gasteiger partial charge is 0.277 e. The molecule has 0 saturated heterocycles. The molecule has 22 heavy (non-hydrogen) atoms. The van der Waals surface area contributed by atoms with Crippen LogP contribution in [0.25, 0.3) is 0 Å².